The fourth-order valence-electron chi connectivity index (χ4n) is 5.00. The van der Waals surface area contributed by atoms with Crippen molar-refractivity contribution in [2.45, 2.75) is 41.5 Å². The molecule has 138 valence electrons. The summed E-state index contributed by atoms with van der Waals surface area (Å²) >= 11 is 0. The van der Waals surface area contributed by atoms with Gasteiger partial charge in [-0.05, 0) is 137 Å². The molecule has 0 heteroatoms. The highest BCUT2D eigenvalue weighted by molar-refractivity contribution is 6.13. The Labute approximate surface area is 166 Å². The Kier molecular flexibility index (Phi) is 3.58. The zero-order valence-electron chi connectivity index (χ0n) is 17.6. The first-order valence-electron chi connectivity index (χ1n) is 10.1. The molecule has 0 spiro atoms. The fourth-order valence-corrected chi connectivity index (χ4v) is 5.00. The Morgan fingerprint density at radius 3 is 1.39 bits per heavy atom. The number of hydrogen-bond donors (Lipinski definition) is 0. The van der Waals surface area contributed by atoms with Gasteiger partial charge < -0.3 is 0 Å². The van der Waals surface area contributed by atoms with Crippen molar-refractivity contribution in [1.82, 2.24) is 0 Å². The van der Waals surface area contributed by atoms with Gasteiger partial charge in [-0.15, -0.1) is 0 Å². The van der Waals surface area contributed by atoms with Crippen molar-refractivity contribution >= 4 is 43.1 Å². The van der Waals surface area contributed by atoms with Gasteiger partial charge in [0.05, 0.1) is 0 Å². The topological polar surface area (TPSA) is 0 Å². The van der Waals surface area contributed by atoms with Crippen LogP contribution in [0.2, 0.25) is 0 Å². The van der Waals surface area contributed by atoms with Gasteiger partial charge in [-0.3, -0.25) is 0 Å². The summed E-state index contributed by atoms with van der Waals surface area (Å²) < 4.78 is 0. The van der Waals surface area contributed by atoms with Crippen LogP contribution in [0.3, 0.4) is 0 Å². The molecule has 0 nitrogen and oxygen atoms in total. The predicted octanol–water partition coefficient (Wildman–Crippen LogP) is 8.15. The summed E-state index contributed by atoms with van der Waals surface area (Å²) in [4.78, 5) is 0. The van der Waals surface area contributed by atoms with Gasteiger partial charge in [0.15, 0.2) is 0 Å². The van der Waals surface area contributed by atoms with Crippen LogP contribution in [0.1, 0.15) is 33.4 Å². The minimum Gasteiger partial charge on any atom is -0.0584 e. The average molecular weight is 363 g/mol. The first-order chi connectivity index (χ1) is 13.3. The second-order valence-electron chi connectivity index (χ2n) is 8.59. The van der Waals surface area contributed by atoms with Crippen LogP contribution < -0.4 is 0 Å². The zero-order valence-corrected chi connectivity index (χ0v) is 17.6. The maximum Gasteiger partial charge on any atom is -0.0139 e. The SMILES string of the molecule is Cc1cc(C)c2cc3c(C)c4cc5c(C)ccc(C)c5cc4c(C)c3cc2c1. The molecule has 0 radical (unpaired) electrons. The van der Waals surface area contributed by atoms with E-state index in [1.807, 2.05) is 0 Å². The van der Waals surface area contributed by atoms with Gasteiger partial charge in [0.1, 0.15) is 0 Å². The van der Waals surface area contributed by atoms with Crippen molar-refractivity contribution in [2.24, 2.45) is 0 Å². The molecule has 5 aromatic carbocycles. The summed E-state index contributed by atoms with van der Waals surface area (Å²) in [6.45, 7) is 13.4. The van der Waals surface area contributed by atoms with E-state index in [1.165, 1.54) is 76.5 Å². The lowest BCUT2D eigenvalue weighted by Crippen LogP contribution is -1.92. The minimum absolute atomic E-state index is 1.33. The summed E-state index contributed by atoms with van der Waals surface area (Å²) in [5.74, 6) is 0. The molecule has 0 bridgehead atoms. The Bertz CT molecular complexity index is 1450. The van der Waals surface area contributed by atoms with Gasteiger partial charge in [0.2, 0.25) is 0 Å². The van der Waals surface area contributed by atoms with Crippen LogP contribution in [-0.4, -0.2) is 0 Å². The van der Waals surface area contributed by atoms with E-state index >= 15 is 0 Å². The van der Waals surface area contributed by atoms with Gasteiger partial charge >= 0.3 is 0 Å². The largest absolute Gasteiger partial charge is 0.0584 e. The highest BCUT2D eigenvalue weighted by Gasteiger charge is 2.13. The zero-order chi connectivity index (χ0) is 19.7. The molecule has 0 aliphatic carbocycles. The minimum atomic E-state index is 1.33. The molecule has 5 aromatic rings. The van der Waals surface area contributed by atoms with E-state index in [-0.39, 0.29) is 0 Å². The van der Waals surface area contributed by atoms with E-state index in [4.69, 9.17) is 0 Å². The standard InChI is InChI=1S/C28H26/c1-15-9-18(4)22-12-26-20(6)28-14-24-17(3)8-7-16(2)23(24)13-27(28)19(5)25(26)11-21(22)10-15/h7-14H,1-6H3. The van der Waals surface area contributed by atoms with Crippen molar-refractivity contribution in [3.8, 4) is 0 Å². The van der Waals surface area contributed by atoms with Crippen molar-refractivity contribution < 1.29 is 0 Å². The van der Waals surface area contributed by atoms with Crippen molar-refractivity contribution in [3.63, 3.8) is 0 Å². The molecule has 0 fully saturated rings. The third-order valence-corrected chi connectivity index (χ3v) is 6.65. The Morgan fingerprint density at radius 1 is 0.393 bits per heavy atom. The maximum atomic E-state index is 2.42. The van der Waals surface area contributed by atoms with E-state index in [0.717, 1.165) is 0 Å². The Morgan fingerprint density at radius 2 is 0.857 bits per heavy atom. The molecule has 0 N–H and O–H groups in total. The monoisotopic (exact) mass is 362 g/mol. The van der Waals surface area contributed by atoms with Crippen LogP contribution >= 0.6 is 0 Å². The number of rotatable bonds is 0. The second kappa shape index (κ2) is 5.82. The quantitative estimate of drug-likeness (QED) is 0.244. The summed E-state index contributed by atoms with van der Waals surface area (Å²) in [6, 6.07) is 18.7. The number of benzene rings is 5. The molecule has 0 unspecified atom stereocenters. The van der Waals surface area contributed by atoms with Crippen LogP contribution in [0.15, 0.2) is 48.5 Å². The third kappa shape index (κ3) is 2.31. The molecule has 28 heavy (non-hydrogen) atoms. The summed E-state index contributed by atoms with van der Waals surface area (Å²) in [5, 5.41) is 11.0. The van der Waals surface area contributed by atoms with E-state index in [0.29, 0.717) is 0 Å². The van der Waals surface area contributed by atoms with E-state index in [2.05, 4.69) is 90.1 Å². The Hall–Kier alpha value is -2.86. The maximum absolute atomic E-state index is 2.42. The Balaban J connectivity index is 2.02. The molecule has 0 saturated heterocycles. The highest BCUT2D eigenvalue weighted by Crippen LogP contribution is 2.38. The summed E-state index contributed by atoms with van der Waals surface area (Å²) in [6.07, 6.45) is 0. The third-order valence-electron chi connectivity index (χ3n) is 6.65. The molecule has 0 atom stereocenters. The van der Waals surface area contributed by atoms with Crippen LogP contribution in [0.4, 0.5) is 0 Å². The molecular weight excluding hydrogens is 336 g/mol. The van der Waals surface area contributed by atoms with E-state index in [1.54, 1.807) is 0 Å². The molecule has 0 aromatic heterocycles. The smallest absolute Gasteiger partial charge is 0.0139 e. The van der Waals surface area contributed by atoms with E-state index in [9.17, 15) is 0 Å². The van der Waals surface area contributed by atoms with Crippen LogP contribution in [0.5, 0.6) is 0 Å². The van der Waals surface area contributed by atoms with Crippen molar-refractivity contribution in [1.29, 1.82) is 0 Å². The summed E-state index contributed by atoms with van der Waals surface area (Å²) in [5.41, 5.74) is 8.17. The molecule has 0 heterocycles. The number of fused-ring (bicyclic) bond motifs is 4. The average Bonchev–Trinajstić information content (AvgIpc) is 2.67. The van der Waals surface area contributed by atoms with Gasteiger partial charge in [0.25, 0.3) is 0 Å². The molecular formula is C28H26. The van der Waals surface area contributed by atoms with Crippen molar-refractivity contribution in [3.05, 3.63) is 81.9 Å². The normalized spacial score (nSPS) is 11.9. The van der Waals surface area contributed by atoms with Gasteiger partial charge in [-0.25, -0.2) is 0 Å². The highest BCUT2D eigenvalue weighted by atomic mass is 14.2. The second-order valence-corrected chi connectivity index (χ2v) is 8.59. The lowest BCUT2D eigenvalue weighted by atomic mass is 9.87. The molecule has 5 rings (SSSR count). The molecule has 0 amide bonds. The molecule has 0 saturated carbocycles. The van der Waals surface area contributed by atoms with Gasteiger partial charge in [-0.1, -0.05) is 29.8 Å². The van der Waals surface area contributed by atoms with Crippen LogP contribution in [-0.2, 0) is 0 Å². The fraction of sp³-hybridized carbons (Fsp3) is 0.214. The number of aryl methyl sites for hydroxylation is 6. The lowest BCUT2D eigenvalue weighted by molar-refractivity contribution is 1.43. The lowest BCUT2D eigenvalue weighted by Gasteiger charge is -2.16. The molecule has 0 aliphatic rings. The first kappa shape index (κ1) is 17.3. The summed E-state index contributed by atoms with van der Waals surface area (Å²) in [7, 11) is 0. The van der Waals surface area contributed by atoms with Crippen LogP contribution in [0, 0.1) is 41.5 Å². The van der Waals surface area contributed by atoms with Gasteiger partial charge in [-0.2, -0.15) is 0 Å². The van der Waals surface area contributed by atoms with Gasteiger partial charge in [0, 0.05) is 0 Å². The number of hydrogen-bond acceptors (Lipinski definition) is 0. The first-order valence-corrected chi connectivity index (χ1v) is 10.1. The van der Waals surface area contributed by atoms with Crippen molar-refractivity contribution in [2.75, 3.05) is 0 Å². The predicted molar refractivity (Wildman–Crippen MR) is 125 cm³/mol. The van der Waals surface area contributed by atoms with Crippen LogP contribution in [0.25, 0.3) is 43.1 Å². The molecule has 0 aliphatic heterocycles. The van der Waals surface area contributed by atoms with E-state index < -0.39 is 0 Å².